The lowest BCUT2D eigenvalue weighted by atomic mass is 10.00. The molecule has 206 valence electrons. The van der Waals surface area contributed by atoms with E-state index in [4.69, 9.17) is 14.2 Å². The first-order chi connectivity index (χ1) is 19.4. The van der Waals surface area contributed by atoms with Crippen LogP contribution in [0.2, 0.25) is 0 Å². The highest BCUT2D eigenvalue weighted by molar-refractivity contribution is 7.95. The lowest BCUT2D eigenvalue weighted by Gasteiger charge is -2.31. The van der Waals surface area contributed by atoms with Crippen molar-refractivity contribution < 1.29 is 22.6 Å². The van der Waals surface area contributed by atoms with Crippen LogP contribution in [0.4, 0.5) is 0 Å². The standard InChI is InChI=1S/C34H34O5S/c1-25-8-21-32(22-9-25)40(35,36)33-23-20-31(39-34(33)28-13-18-29(37-2)19-14-28)17-12-26-10-15-30(16-11-26)38-24-27-6-4-3-5-7-27/h3-11,13-16,18-19,21-23,31,34H,12,17,20,24H2,1-2H3/t31-,34-/m1/s1. The lowest BCUT2D eigenvalue weighted by Crippen LogP contribution is -2.26. The van der Waals surface area contributed by atoms with E-state index in [-0.39, 0.29) is 15.9 Å². The van der Waals surface area contributed by atoms with Crippen LogP contribution in [-0.2, 0) is 27.6 Å². The summed E-state index contributed by atoms with van der Waals surface area (Å²) in [7, 11) is -2.11. The molecule has 4 aromatic rings. The van der Waals surface area contributed by atoms with E-state index in [2.05, 4.69) is 12.1 Å². The molecule has 5 rings (SSSR count). The first-order valence-corrected chi connectivity index (χ1v) is 15.0. The van der Waals surface area contributed by atoms with Crippen LogP contribution in [0.5, 0.6) is 11.5 Å². The Labute approximate surface area is 237 Å². The van der Waals surface area contributed by atoms with E-state index in [0.717, 1.165) is 35.3 Å². The van der Waals surface area contributed by atoms with E-state index in [1.807, 2.05) is 91.9 Å². The Balaban J connectivity index is 1.29. The molecule has 1 aliphatic heterocycles. The van der Waals surface area contributed by atoms with Crippen molar-refractivity contribution in [3.05, 3.63) is 136 Å². The van der Waals surface area contributed by atoms with E-state index in [1.165, 1.54) is 5.56 Å². The summed E-state index contributed by atoms with van der Waals surface area (Å²) >= 11 is 0. The van der Waals surface area contributed by atoms with Gasteiger partial charge in [-0.25, -0.2) is 8.42 Å². The maximum atomic E-state index is 13.7. The van der Waals surface area contributed by atoms with Crippen LogP contribution in [0.1, 0.15) is 41.2 Å². The van der Waals surface area contributed by atoms with Gasteiger partial charge in [0.1, 0.15) is 24.2 Å². The van der Waals surface area contributed by atoms with E-state index in [1.54, 1.807) is 19.2 Å². The summed E-state index contributed by atoms with van der Waals surface area (Å²) in [4.78, 5) is 0.567. The van der Waals surface area contributed by atoms with Crippen molar-refractivity contribution in [3.8, 4) is 11.5 Å². The van der Waals surface area contributed by atoms with Crippen LogP contribution in [0.15, 0.2) is 119 Å². The van der Waals surface area contributed by atoms with Gasteiger partial charge in [0.25, 0.3) is 0 Å². The molecule has 40 heavy (non-hydrogen) atoms. The first-order valence-electron chi connectivity index (χ1n) is 13.5. The van der Waals surface area contributed by atoms with Gasteiger partial charge in [0, 0.05) is 0 Å². The molecule has 0 aliphatic carbocycles. The minimum atomic E-state index is -3.72. The third-order valence-electron chi connectivity index (χ3n) is 7.16. The summed E-state index contributed by atoms with van der Waals surface area (Å²) in [5.74, 6) is 1.54. The molecule has 1 heterocycles. The Bertz CT molecular complexity index is 1530. The molecule has 0 fully saturated rings. The molecule has 0 saturated heterocycles. The van der Waals surface area contributed by atoms with Crippen molar-refractivity contribution in [1.82, 2.24) is 0 Å². The molecule has 0 bridgehead atoms. The van der Waals surface area contributed by atoms with Crippen molar-refractivity contribution in [2.75, 3.05) is 7.11 Å². The first kappa shape index (κ1) is 27.7. The summed E-state index contributed by atoms with van der Waals surface area (Å²) in [6.45, 7) is 2.47. The molecule has 6 heteroatoms. The van der Waals surface area contributed by atoms with Crippen LogP contribution < -0.4 is 9.47 Å². The Kier molecular flexibility index (Phi) is 8.68. The van der Waals surface area contributed by atoms with Gasteiger partial charge >= 0.3 is 0 Å². The van der Waals surface area contributed by atoms with Crippen LogP contribution in [0.25, 0.3) is 0 Å². The third kappa shape index (κ3) is 6.64. The molecule has 0 saturated carbocycles. The van der Waals surface area contributed by atoms with E-state index in [0.29, 0.717) is 18.8 Å². The number of aryl methyl sites for hydroxylation is 2. The Morgan fingerprint density at radius 2 is 1.48 bits per heavy atom. The monoisotopic (exact) mass is 554 g/mol. The predicted octanol–water partition coefficient (Wildman–Crippen LogP) is 7.40. The van der Waals surface area contributed by atoms with Crippen molar-refractivity contribution in [3.63, 3.8) is 0 Å². The number of methoxy groups -OCH3 is 1. The SMILES string of the molecule is COc1ccc([C@H]2O[C@H](CCc3ccc(OCc4ccccc4)cc3)CC=C2S(=O)(=O)c2ccc(C)cc2)cc1. The maximum absolute atomic E-state index is 13.7. The number of hydrogen-bond donors (Lipinski definition) is 0. The fourth-order valence-electron chi connectivity index (χ4n) is 4.80. The molecule has 1 aliphatic rings. The quantitative estimate of drug-likeness (QED) is 0.204. The zero-order chi connectivity index (χ0) is 28.0. The highest BCUT2D eigenvalue weighted by Crippen LogP contribution is 2.39. The molecule has 0 unspecified atom stereocenters. The second-order valence-electron chi connectivity index (χ2n) is 10.0. The zero-order valence-electron chi connectivity index (χ0n) is 22.8. The van der Waals surface area contributed by atoms with Crippen molar-refractivity contribution in [2.45, 2.75) is 49.9 Å². The third-order valence-corrected chi connectivity index (χ3v) is 9.05. The highest BCUT2D eigenvalue weighted by Gasteiger charge is 2.35. The summed E-state index contributed by atoms with van der Waals surface area (Å²) in [5, 5.41) is 0. The Morgan fingerprint density at radius 1 is 0.800 bits per heavy atom. The van der Waals surface area contributed by atoms with Gasteiger partial charge in [-0.3, -0.25) is 0 Å². The largest absolute Gasteiger partial charge is 0.497 e. The van der Waals surface area contributed by atoms with Crippen molar-refractivity contribution >= 4 is 9.84 Å². The van der Waals surface area contributed by atoms with Gasteiger partial charge < -0.3 is 14.2 Å². The fraction of sp³-hybridized carbons (Fsp3) is 0.235. The van der Waals surface area contributed by atoms with Gasteiger partial charge in [-0.15, -0.1) is 0 Å². The molecule has 0 radical (unpaired) electrons. The van der Waals surface area contributed by atoms with Crippen LogP contribution >= 0.6 is 0 Å². The van der Waals surface area contributed by atoms with Gasteiger partial charge in [0.2, 0.25) is 9.84 Å². The van der Waals surface area contributed by atoms with E-state index >= 15 is 0 Å². The Hall–Kier alpha value is -3.87. The van der Waals surface area contributed by atoms with E-state index < -0.39 is 15.9 Å². The maximum Gasteiger partial charge on any atom is 0.205 e. The highest BCUT2D eigenvalue weighted by atomic mass is 32.2. The minimum absolute atomic E-state index is 0.113. The number of benzene rings is 4. The van der Waals surface area contributed by atoms with Gasteiger partial charge in [-0.2, -0.15) is 0 Å². The van der Waals surface area contributed by atoms with Crippen LogP contribution in [-0.4, -0.2) is 21.6 Å². The second kappa shape index (κ2) is 12.5. The number of hydrogen-bond acceptors (Lipinski definition) is 5. The summed E-state index contributed by atoms with van der Waals surface area (Å²) in [6.07, 6.45) is 3.16. The average molecular weight is 555 g/mol. The molecule has 0 aromatic heterocycles. The molecule has 2 atom stereocenters. The second-order valence-corrected chi connectivity index (χ2v) is 12.0. The number of sulfone groups is 1. The van der Waals surface area contributed by atoms with Crippen LogP contribution in [0, 0.1) is 6.92 Å². The summed E-state index contributed by atoms with van der Waals surface area (Å²) in [6, 6.07) is 32.6. The smallest absolute Gasteiger partial charge is 0.205 e. The molecule has 4 aromatic carbocycles. The van der Waals surface area contributed by atoms with Gasteiger partial charge in [0.15, 0.2) is 0 Å². The molecule has 0 N–H and O–H groups in total. The summed E-state index contributed by atoms with van der Waals surface area (Å²) < 4.78 is 45.1. The van der Waals surface area contributed by atoms with Crippen molar-refractivity contribution in [2.24, 2.45) is 0 Å². The van der Waals surface area contributed by atoms with Gasteiger partial charge in [0.05, 0.1) is 23.0 Å². The van der Waals surface area contributed by atoms with Gasteiger partial charge in [-0.05, 0) is 79.3 Å². The van der Waals surface area contributed by atoms with Gasteiger partial charge in [-0.1, -0.05) is 78.4 Å². The topological polar surface area (TPSA) is 61.8 Å². The molecular weight excluding hydrogens is 520 g/mol. The Morgan fingerprint density at radius 3 is 2.15 bits per heavy atom. The van der Waals surface area contributed by atoms with Crippen LogP contribution in [0.3, 0.4) is 0 Å². The molecule has 5 nitrogen and oxygen atoms in total. The van der Waals surface area contributed by atoms with Crippen molar-refractivity contribution in [1.29, 1.82) is 0 Å². The fourth-order valence-corrected chi connectivity index (χ4v) is 6.36. The molecule has 0 spiro atoms. The minimum Gasteiger partial charge on any atom is -0.497 e. The molecule has 0 amide bonds. The summed E-state index contributed by atoms with van der Waals surface area (Å²) in [5.41, 5.74) is 4.10. The zero-order valence-corrected chi connectivity index (χ0v) is 23.6. The van der Waals surface area contributed by atoms with E-state index in [9.17, 15) is 8.42 Å². The normalized spacial score (nSPS) is 17.2. The average Bonchev–Trinajstić information content (AvgIpc) is 3.00. The predicted molar refractivity (Wildman–Crippen MR) is 157 cm³/mol. The molecular formula is C34H34O5S. The lowest BCUT2D eigenvalue weighted by molar-refractivity contribution is -0.00220. The number of rotatable bonds is 10. The number of ether oxygens (including phenoxy) is 3.